The molecule has 0 saturated heterocycles. The van der Waals surface area contributed by atoms with Crippen molar-refractivity contribution in [3.8, 4) is 34.0 Å². The van der Waals surface area contributed by atoms with Gasteiger partial charge in [0.05, 0.1) is 33.3 Å². The fourth-order valence-corrected chi connectivity index (χ4v) is 7.84. The molecular formula is C44H23B5N4. The number of nitrogens with zero attached hydrogens (tertiary/aromatic N) is 4. The molecule has 0 aliphatic carbocycles. The zero-order valence-corrected chi connectivity index (χ0v) is 28.5. The molecule has 0 amide bonds. The minimum Gasteiger partial charge on any atom is -0.309 e. The normalized spacial score (nSPS) is 11.8. The second-order valence-corrected chi connectivity index (χ2v) is 13.3. The average molecular weight is 662 g/mol. The summed E-state index contributed by atoms with van der Waals surface area (Å²) in [5.41, 5.74) is 10.2. The van der Waals surface area contributed by atoms with Gasteiger partial charge in [-0.3, -0.25) is 4.57 Å². The Kier molecular flexibility index (Phi) is 7.10. The summed E-state index contributed by atoms with van der Waals surface area (Å²) in [5, 5.41) is 5.31. The van der Waals surface area contributed by atoms with Gasteiger partial charge in [-0.25, -0.2) is 9.97 Å². The Balaban J connectivity index is 1.19. The van der Waals surface area contributed by atoms with E-state index in [0.29, 0.717) is 22.7 Å². The van der Waals surface area contributed by atoms with E-state index in [1.165, 1.54) is 16.3 Å². The standard InChI is InChI=1S/C44H23B5N4/c45-38-37(39(46)41(48)42(49)40(38)47)43-29-14-4-7-15-32(29)50-44(51-43)53-34-17-9-6-13-28(34)31-23-25(19-21-36(31)53)24-18-20-35-30(22-24)27-12-5-8-16-33(27)52(35)26-10-2-1-3-11-26/h1-23H. The maximum absolute atomic E-state index is 6.59. The van der Waals surface area contributed by atoms with Crippen LogP contribution in [0.5, 0.6) is 0 Å². The number of para-hydroxylation sites is 4. The van der Waals surface area contributed by atoms with Crippen LogP contribution in [0.3, 0.4) is 0 Å². The van der Waals surface area contributed by atoms with Crippen molar-refractivity contribution in [2.75, 3.05) is 0 Å². The molecule has 0 fully saturated rings. The highest BCUT2D eigenvalue weighted by molar-refractivity contribution is 6.68. The summed E-state index contributed by atoms with van der Waals surface area (Å²) < 4.78 is 4.41. The first-order valence-corrected chi connectivity index (χ1v) is 17.3. The van der Waals surface area contributed by atoms with Gasteiger partial charge in [-0.2, -0.15) is 0 Å². The predicted molar refractivity (Wildman–Crippen MR) is 226 cm³/mol. The fraction of sp³-hybridized carbons (Fsp3) is 0. The Hall–Kier alpha value is -6.20. The summed E-state index contributed by atoms with van der Waals surface area (Å²) in [4.78, 5) is 10.2. The fourth-order valence-electron chi connectivity index (χ4n) is 7.84. The summed E-state index contributed by atoms with van der Waals surface area (Å²) in [7, 11) is 32.0. The first kappa shape index (κ1) is 31.5. The smallest absolute Gasteiger partial charge is 0.235 e. The Morgan fingerprint density at radius 1 is 0.377 bits per heavy atom. The summed E-state index contributed by atoms with van der Waals surface area (Å²) in [6.45, 7) is 0. The molecule has 4 nitrogen and oxygen atoms in total. The van der Waals surface area contributed by atoms with Crippen molar-refractivity contribution in [3.63, 3.8) is 0 Å². The van der Waals surface area contributed by atoms with E-state index >= 15 is 0 Å². The highest BCUT2D eigenvalue weighted by Gasteiger charge is 2.21. The zero-order chi connectivity index (χ0) is 36.0. The highest BCUT2D eigenvalue weighted by atomic mass is 15.2. The molecule has 10 aromatic rings. The van der Waals surface area contributed by atoms with E-state index in [4.69, 9.17) is 49.2 Å². The van der Waals surface area contributed by atoms with Crippen LogP contribution in [0.4, 0.5) is 0 Å². The number of fused-ring (bicyclic) bond motifs is 7. The molecule has 0 atom stereocenters. The van der Waals surface area contributed by atoms with E-state index in [-0.39, 0.29) is 27.3 Å². The van der Waals surface area contributed by atoms with Crippen molar-refractivity contribution >= 4 is 121 Å². The van der Waals surface area contributed by atoms with Crippen LogP contribution in [-0.2, 0) is 0 Å². The minimum atomic E-state index is 0.154. The lowest BCUT2D eigenvalue weighted by Crippen LogP contribution is -2.55. The molecule has 234 valence electrons. The van der Waals surface area contributed by atoms with Crippen LogP contribution < -0.4 is 27.3 Å². The predicted octanol–water partition coefficient (Wildman–Crippen LogP) is 5.13. The topological polar surface area (TPSA) is 35.6 Å². The van der Waals surface area contributed by atoms with Crippen LogP contribution >= 0.6 is 0 Å². The first-order valence-electron chi connectivity index (χ1n) is 17.3. The number of hydrogen-bond donors (Lipinski definition) is 0. The number of hydrogen-bond acceptors (Lipinski definition) is 2. The molecule has 7 aromatic carbocycles. The van der Waals surface area contributed by atoms with Crippen LogP contribution in [0.15, 0.2) is 140 Å². The zero-order valence-electron chi connectivity index (χ0n) is 28.5. The van der Waals surface area contributed by atoms with Crippen LogP contribution in [0.25, 0.3) is 88.5 Å². The molecule has 3 heterocycles. The molecule has 0 N–H and O–H groups in total. The third-order valence-electron chi connectivity index (χ3n) is 10.4. The Bertz CT molecular complexity index is 3100. The van der Waals surface area contributed by atoms with Gasteiger partial charge in [-0.05, 0) is 71.3 Å². The Morgan fingerprint density at radius 3 is 1.47 bits per heavy atom. The quantitative estimate of drug-likeness (QED) is 0.246. The Morgan fingerprint density at radius 2 is 0.849 bits per heavy atom. The lowest BCUT2D eigenvalue weighted by molar-refractivity contribution is 1.01. The third kappa shape index (κ3) is 4.70. The van der Waals surface area contributed by atoms with E-state index in [9.17, 15) is 0 Å². The van der Waals surface area contributed by atoms with Gasteiger partial charge in [0.15, 0.2) is 0 Å². The molecule has 0 spiro atoms. The van der Waals surface area contributed by atoms with Crippen molar-refractivity contribution in [2.24, 2.45) is 0 Å². The van der Waals surface area contributed by atoms with Gasteiger partial charge in [0.25, 0.3) is 0 Å². The van der Waals surface area contributed by atoms with Gasteiger partial charge in [-0.1, -0.05) is 95.9 Å². The molecule has 0 saturated carbocycles. The molecule has 0 bridgehead atoms. The molecule has 0 aliphatic heterocycles. The van der Waals surface area contributed by atoms with Gasteiger partial charge < -0.3 is 4.57 Å². The third-order valence-corrected chi connectivity index (χ3v) is 10.4. The van der Waals surface area contributed by atoms with Crippen LogP contribution in [-0.4, -0.2) is 58.3 Å². The Labute approximate surface area is 312 Å². The molecule has 10 rings (SSSR count). The summed E-state index contributed by atoms with van der Waals surface area (Å²) in [6, 6.07) is 48.4. The summed E-state index contributed by atoms with van der Waals surface area (Å²) >= 11 is 0. The van der Waals surface area contributed by atoms with Crippen LogP contribution in [0, 0.1) is 0 Å². The maximum Gasteiger partial charge on any atom is 0.235 e. The van der Waals surface area contributed by atoms with E-state index in [0.717, 1.165) is 49.5 Å². The highest BCUT2D eigenvalue weighted by Crippen LogP contribution is 2.38. The molecule has 0 aliphatic rings. The van der Waals surface area contributed by atoms with Crippen LogP contribution in [0.2, 0.25) is 0 Å². The summed E-state index contributed by atoms with van der Waals surface area (Å²) in [6.07, 6.45) is 0. The molecular weight excluding hydrogens is 639 g/mol. The lowest BCUT2D eigenvalue weighted by atomic mass is 9.60. The maximum atomic E-state index is 6.59. The SMILES string of the molecule is [B]c1c([B])c([B])c(-c2nc(-n3c4ccccc4c4cc(-c5ccc6c(c5)c5ccccc5n6-c5ccccc5)ccc43)nc3ccccc23)c([B])c1[B]. The van der Waals surface area contributed by atoms with Crippen molar-refractivity contribution in [1.82, 2.24) is 19.1 Å². The molecule has 10 radical (unpaired) electrons. The van der Waals surface area contributed by atoms with Gasteiger partial charge in [0, 0.05) is 32.6 Å². The molecule has 3 aromatic heterocycles. The minimum absolute atomic E-state index is 0.154. The average Bonchev–Trinajstić information content (AvgIpc) is 3.72. The monoisotopic (exact) mass is 662 g/mol. The second-order valence-electron chi connectivity index (χ2n) is 13.3. The number of benzene rings is 7. The van der Waals surface area contributed by atoms with Crippen LogP contribution in [0.1, 0.15) is 0 Å². The van der Waals surface area contributed by atoms with Gasteiger partial charge >= 0.3 is 0 Å². The van der Waals surface area contributed by atoms with Crippen molar-refractivity contribution in [2.45, 2.75) is 0 Å². The van der Waals surface area contributed by atoms with Gasteiger partial charge in [0.2, 0.25) is 5.95 Å². The van der Waals surface area contributed by atoms with Crippen molar-refractivity contribution < 1.29 is 0 Å². The number of aromatic nitrogens is 4. The largest absolute Gasteiger partial charge is 0.309 e. The first-order chi connectivity index (χ1) is 25.9. The lowest BCUT2D eigenvalue weighted by Gasteiger charge is -2.22. The number of rotatable bonds is 4. The van der Waals surface area contributed by atoms with E-state index in [1.54, 1.807) is 0 Å². The van der Waals surface area contributed by atoms with E-state index in [1.807, 2.05) is 36.4 Å². The van der Waals surface area contributed by atoms with E-state index in [2.05, 4.69) is 112 Å². The molecule has 0 unspecified atom stereocenters. The van der Waals surface area contributed by atoms with E-state index < -0.39 is 0 Å². The van der Waals surface area contributed by atoms with Crippen molar-refractivity contribution in [1.29, 1.82) is 0 Å². The molecule has 53 heavy (non-hydrogen) atoms. The molecule has 9 heteroatoms. The van der Waals surface area contributed by atoms with Crippen molar-refractivity contribution in [3.05, 3.63) is 140 Å². The van der Waals surface area contributed by atoms with Gasteiger partial charge in [0.1, 0.15) is 39.2 Å². The van der Waals surface area contributed by atoms with Gasteiger partial charge in [-0.15, -0.1) is 16.4 Å². The second kappa shape index (κ2) is 11.9. The summed E-state index contributed by atoms with van der Waals surface area (Å²) in [5.74, 6) is 0.459.